The Labute approximate surface area is 160 Å². The van der Waals surface area contributed by atoms with Gasteiger partial charge in [-0.3, -0.25) is 19.8 Å². The van der Waals surface area contributed by atoms with Crippen LogP contribution in [0.1, 0.15) is 32.1 Å². The lowest BCUT2D eigenvalue weighted by atomic mass is 9.96. The molecule has 1 aromatic carbocycles. The van der Waals surface area contributed by atoms with Crippen molar-refractivity contribution in [1.82, 2.24) is 15.5 Å². The molecule has 7 nitrogen and oxygen atoms in total. The molecule has 28 heavy (non-hydrogen) atoms. The van der Waals surface area contributed by atoms with Gasteiger partial charge in [-0.2, -0.15) is 0 Å². The van der Waals surface area contributed by atoms with Crippen molar-refractivity contribution < 1.29 is 27.6 Å². The molecule has 0 atom stereocenters. The molecule has 0 heterocycles. The van der Waals surface area contributed by atoms with Gasteiger partial charge in [0.25, 0.3) is 0 Å². The van der Waals surface area contributed by atoms with Crippen LogP contribution in [0.15, 0.2) is 12.1 Å². The molecule has 0 bridgehead atoms. The lowest BCUT2D eigenvalue weighted by Gasteiger charge is -2.23. The highest BCUT2D eigenvalue weighted by Crippen LogP contribution is 2.19. The average Bonchev–Trinajstić information content (AvgIpc) is 2.62. The fraction of sp³-hybridized carbons (Fsp3) is 0.500. The summed E-state index contributed by atoms with van der Waals surface area (Å²) in [6, 6.07) is 1.05. The van der Waals surface area contributed by atoms with Crippen molar-refractivity contribution in [2.24, 2.45) is 0 Å². The SMILES string of the molecule is CN(CC(=O)NC(=O)NC1CCCCC1)CC(=O)Nc1ccc(F)c(F)c1F. The molecular formula is C18H23F3N4O3. The summed E-state index contributed by atoms with van der Waals surface area (Å²) < 4.78 is 39.6. The summed E-state index contributed by atoms with van der Waals surface area (Å²) in [6.07, 6.45) is 4.97. The summed E-state index contributed by atoms with van der Waals surface area (Å²) in [5, 5.41) is 7.03. The highest BCUT2D eigenvalue weighted by molar-refractivity contribution is 5.96. The van der Waals surface area contributed by atoms with Crippen molar-refractivity contribution in [3.63, 3.8) is 0 Å². The number of rotatable bonds is 6. The quantitative estimate of drug-likeness (QED) is 0.638. The Morgan fingerprint density at radius 1 is 1.00 bits per heavy atom. The monoisotopic (exact) mass is 400 g/mol. The maximum atomic E-state index is 13.6. The highest BCUT2D eigenvalue weighted by Gasteiger charge is 2.19. The van der Waals surface area contributed by atoms with Crippen LogP contribution in [0.4, 0.5) is 23.7 Å². The van der Waals surface area contributed by atoms with Gasteiger partial charge < -0.3 is 10.6 Å². The molecular weight excluding hydrogens is 377 g/mol. The first kappa shape index (κ1) is 21.7. The lowest BCUT2D eigenvalue weighted by Crippen LogP contribution is -2.48. The number of urea groups is 1. The standard InChI is InChI=1S/C18H23F3N4O3/c1-25(9-14(26)23-13-8-7-12(19)16(20)17(13)21)10-15(27)24-18(28)22-11-5-3-2-4-6-11/h7-8,11H,2-6,9-10H2,1H3,(H,23,26)(H2,22,24,27,28). The Bertz CT molecular complexity index is 739. The molecule has 0 saturated heterocycles. The summed E-state index contributed by atoms with van der Waals surface area (Å²) in [6.45, 7) is -0.581. The number of likely N-dealkylation sites (N-methyl/N-ethyl adjacent to an activating group) is 1. The predicted molar refractivity (Wildman–Crippen MR) is 96.0 cm³/mol. The number of anilines is 1. The van der Waals surface area contributed by atoms with E-state index in [0.717, 1.165) is 38.2 Å². The van der Waals surface area contributed by atoms with Gasteiger partial charge in [0.1, 0.15) is 0 Å². The second-order valence-electron chi connectivity index (χ2n) is 6.80. The minimum absolute atomic E-state index is 0.0519. The number of halogens is 3. The van der Waals surface area contributed by atoms with Crippen molar-refractivity contribution >= 4 is 23.5 Å². The van der Waals surface area contributed by atoms with E-state index in [1.807, 2.05) is 0 Å². The minimum Gasteiger partial charge on any atom is -0.335 e. The maximum absolute atomic E-state index is 13.6. The van der Waals surface area contributed by atoms with Crippen LogP contribution in [0.2, 0.25) is 0 Å². The number of carbonyl (C=O) groups is 3. The molecule has 3 N–H and O–H groups in total. The van der Waals surface area contributed by atoms with E-state index in [-0.39, 0.29) is 19.1 Å². The molecule has 0 radical (unpaired) electrons. The molecule has 4 amide bonds. The van der Waals surface area contributed by atoms with Crippen LogP contribution >= 0.6 is 0 Å². The van der Waals surface area contributed by atoms with E-state index in [1.54, 1.807) is 0 Å². The van der Waals surface area contributed by atoms with Gasteiger partial charge >= 0.3 is 6.03 Å². The Hall–Kier alpha value is -2.62. The molecule has 0 spiro atoms. The van der Waals surface area contributed by atoms with Crippen LogP contribution in [0, 0.1) is 17.5 Å². The van der Waals surface area contributed by atoms with Crippen molar-refractivity contribution in [3.05, 3.63) is 29.6 Å². The van der Waals surface area contributed by atoms with Crippen LogP contribution in [-0.4, -0.2) is 48.9 Å². The van der Waals surface area contributed by atoms with E-state index in [9.17, 15) is 27.6 Å². The zero-order valence-corrected chi connectivity index (χ0v) is 15.5. The average molecular weight is 400 g/mol. The molecule has 10 heteroatoms. The molecule has 1 aromatic rings. The summed E-state index contributed by atoms with van der Waals surface area (Å²) in [7, 11) is 1.44. The van der Waals surface area contributed by atoms with Gasteiger partial charge in [0.2, 0.25) is 11.8 Å². The first-order valence-corrected chi connectivity index (χ1v) is 8.98. The first-order valence-electron chi connectivity index (χ1n) is 8.98. The van der Waals surface area contributed by atoms with Crippen molar-refractivity contribution in [2.75, 3.05) is 25.5 Å². The minimum atomic E-state index is -1.69. The summed E-state index contributed by atoms with van der Waals surface area (Å²) in [4.78, 5) is 36.9. The first-order chi connectivity index (χ1) is 13.3. The fourth-order valence-electron chi connectivity index (χ4n) is 2.99. The molecule has 1 saturated carbocycles. The number of imide groups is 1. The number of hydrogen-bond donors (Lipinski definition) is 3. The van der Waals surface area contributed by atoms with Crippen molar-refractivity contribution in [1.29, 1.82) is 0 Å². The summed E-state index contributed by atoms with van der Waals surface area (Å²) in [5.74, 6) is -5.90. The van der Waals surface area contributed by atoms with Crippen LogP contribution in [0.5, 0.6) is 0 Å². The largest absolute Gasteiger partial charge is 0.335 e. The fourth-order valence-corrected chi connectivity index (χ4v) is 2.99. The van der Waals surface area contributed by atoms with E-state index in [0.29, 0.717) is 6.07 Å². The molecule has 0 unspecified atom stereocenters. The van der Waals surface area contributed by atoms with E-state index in [1.165, 1.54) is 11.9 Å². The lowest BCUT2D eigenvalue weighted by molar-refractivity contribution is -0.122. The molecule has 1 aliphatic rings. The molecule has 0 aromatic heterocycles. The zero-order valence-electron chi connectivity index (χ0n) is 15.5. The Morgan fingerprint density at radius 3 is 2.32 bits per heavy atom. The smallest absolute Gasteiger partial charge is 0.321 e. The van der Waals surface area contributed by atoms with Crippen molar-refractivity contribution in [2.45, 2.75) is 38.1 Å². The Morgan fingerprint density at radius 2 is 1.64 bits per heavy atom. The summed E-state index contributed by atoms with van der Waals surface area (Å²) >= 11 is 0. The molecule has 1 fully saturated rings. The van der Waals surface area contributed by atoms with Gasteiger partial charge in [-0.1, -0.05) is 19.3 Å². The zero-order chi connectivity index (χ0) is 20.7. The number of amides is 4. The molecule has 0 aliphatic heterocycles. The number of nitrogens with one attached hydrogen (secondary N) is 3. The highest BCUT2D eigenvalue weighted by atomic mass is 19.2. The van der Waals surface area contributed by atoms with E-state index in [2.05, 4.69) is 16.0 Å². The number of benzene rings is 1. The van der Waals surface area contributed by atoms with Gasteiger partial charge in [0.05, 0.1) is 18.8 Å². The number of nitrogens with zero attached hydrogens (tertiary/aromatic N) is 1. The third-order valence-corrected chi connectivity index (χ3v) is 4.33. The van der Waals surface area contributed by atoms with Gasteiger partial charge in [-0.05, 0) is 32.0 Å². The van der Waals surface area contributed by atoms with Crippen LogP contribution in [0.25, 0.3) is 0 Å². The Kier molecular flexibility index (Phi) is 7.80. The molecule has 1 aliphatic carbocycles. The van der Waals surface area contributed by atoms with Crippen LogP contribution in [-0.2, 0) is 9.59 Å². The maximum Gasteiger partial charge on any atom is 0.321 e. The molecule has 154 valence electrons. The van der Waals surface area contributed by atoms with Crippen LogP contribution < -0.4 is 16.0 Å². The van der Waals surface area contributed by atoms with Gasteiger partial charge in [-0.25, -0.2) is 18.0 Å². The normalized spacial score (nSPS) is 14.6. The third kappa shape index (κ3) is 6.52. The second kappa shape index (κ2) is 10.1. The van der Waals surface area contributed by atoms with E-state index in [4.69, 9.17) is 0 Å². The third-order valence-electron chi connectivity index (χ3n) is 4.33. The number of hydrogen-bond acceptors (Lipinski definition) is 4. The Balaban J connectivity index is 1.75. The van der Waals surface area contributed by atoms with Crippen molar-refractivity contribution in [3.8, 4) is 0 Å². The van der Waals surface area contributed by atoms with Gasteiger partial charge in [0, 0.05) is 6.04 Å². The summed E-state index contributed by atoms with van der Waals surface area (Å²) in [5.41, 5.74) is -0.506. The van der Waals surface area contributed by atoms with E-state index < -0.39 is 41.0 Å². The van der Waals surface area contributed by atoms with Gasteiger partial charge in [0.15, 0.2) is 17.5 Å². The van der Waals surface area contributed by atoms with Crippen LogP contribution in [0.3, 0.4) is 0 Å². The molecule has 2 rings (SSSR count). The van der Waals surface area contributed by atoms with Gasteiger partial charge in [-0.15, -0.1) is 0 Å². The van der Waals surface area contributed by atoms with E-state index >= 15 is 0 Å². The number of carbonyl (C=O) groups excluding carboxylic acids is 3. The predicted octanol–water partition coefficient (Wildman–Crippen LogP) is 2.13. The topological polar surface area (TPSA) is 90.5 Å². The second-order valence-corrected chi connectivity index (χ2v) is 6.80.